The Balaban J connectivity index is 1.84. The van der Waals surface area contributed by atoms with Gasteiger partial charge in [0.15, 0.2) is 17.8 Å². The zero-order chi connectivity index (χ0) is 16.4. The first-order valence-corrected chi connectivity index (χ1v) is 7.08. The second-order valence-electron chi connectivity index (χ2n) is 4.78. The zero-order valence-corrected chi connectivity index (χ0v) is 12.9. The van der Waals surface area contributed by atoms with E-state index in [2.05, 4.69) is 9.97 Å². The average Bonchev–Trinajstić information content (AvgIpc) is 2.94. The highest BCUT2D eigenvalue weighted by Gasteiger charge is 2.12. The molecule has 0 saturated heterocycles. The molecule has 1 heterocycles. The first kappa shape index (κ1) is 15.3. The number of nitrogens with one attached hydrogen (secondary N) is 1. The van der Waals surface area contributed by atoms with Gasteiger partial charge < -0.3 is 14.5 Å². The van der Waals surface area contributed by atoms with E-state index in [9.17, 15) is 9.18 Å². The number of carbonyl (C=O) groups excluding carboxylic acids is 1. The number of hydrogen-bond donors (Lipinski definition) is 1. The van der Waals surface area contributed by atoms with Crippen molar-refractivity contribution in [2.24, 2.45) is 0 Å². The highest BCUT2D eigenvalue weighted by atomic mass is 35.5. The van der Waals surface area contributed by atoms with Gasteiger partial charge in [0.25, 0.3) is 0 Å². The van der Waals surface area contributed by atoms with Gasteiger partial charge in [-0.1, -0.05) is 11.6 Å². The highest BCUT2D eigenvalue weighted by molar-refractivity contribution is 6.31. The van der Waals surface area contributed by atoms with Crippen LogP contribution in [-0.2, 0) is 6.61 Å². The minimum atomic E-state index is -0.674. The van der Waals surface area contributed by atoms with Crippen molar-refractivity contribution in [2.45, 2.75) is 6.61 Å². The van der Waals surface area contributed by atoms with E-state index in [4.69, 9.17) is 21.1 Å². The van der Waals surface area contributed by atoms with Crippen molar-refractivity contribution in [2.75, 3.05) is 7.11 Å². The van der Waals surface area contributed by atoms with Crippen LogP contribution < -0.4 is 9.47 Å². The van der Waals surface area contributed by atoms with E-state index in [1.807, 2.05) is 0 Å². The predicted molar refractivity (Wildman–Crippen MR) is 83.8 cm³/mol. The number of aromatic amines is 1. The summed E-state index contributed by atoms with van der Waals surface area (Å²) in [4.78, 5) is 18.2. The van der Waals surface area contributed by atoms with Gasteiger partial charge in [-0.15, -0.1) is 0 Å². The average molecular weight is 335 g/mol. The van der Waals surface area contributed by atoms with Crippen molar-refractivity contribution in [1.82, 2.24) is 9.97 Å². The van der Waals surface area contributed by atoms with E-state index < -0.39 is 5.82 Å². The Bertz CT molecular complexity index is 879. The number of benzene rings is 2. The molecule has 23 heavy (non-hydrogen) atoms. The molecular formula is C16H12ClFN2O3. The number of H-pyrrole nitrogens is 1. The number of fused-ring (bicyclic) bond motifs is 1. The molecule has 2 aromatic carbocycles. The Kier molecular flexibility index (Phi) is 4.16. The van der Waals surface area contributed by atoms with E-state index in [1.54, 1.807) is 18.2 Å². The summed E-state index contributed by atoms with van der Waals surface area (Å²) in [5, 5.41) is 0.599. The molecule has 0 aliphatic rings. The second-order valence-corrected chi connectivity index (χ2v) is 5.21. The summed E-state index contributed by atoms with van der Waals surface area (Å²) in [6, 6.07) is 7.69. The van der Waals surface area contributed by atoms with Gasteiger partial charge in [-0.3, -0.25) is 4.79 Å². The molecule has 0 aliphatic carbocycles. The molecule has 1 N–H and O–H groups in total. The summed E-state index contributed by atoms with van der Waals surface area (Å²) < 4.78 is 24.4. The maximum Gasteiger partial charge on any atom is 0.164 e. The van der Waals surface area contributed by atoms with Crippen LogP contribution in [0.1, 0.15) is 16.2 Å². The first-order valence-electron chi connectivity index (χ1n) is 6.70. The number of halogens is 2. The molecule has 5 nitrogen and oxygen atoms in total. The zero-order valence-electron chi connectivity index (χ0n) is 12.1. The molecule has 118 valence electrons. The molecule has 0 aliphatic heterocycles. The van der Waals surface area contributed by atoms with Gasteiger partial charge >= 0.3 is 0 Å². The van der Waals surface area contributed by atoms with Gasteiger partial charge in [-0.05, 0) is 24.3 Å². The number of aldehydes is 1. The quantitative estimate of drug-likeness (QED) is 0.722. The van der Waals surface area contributed by atoms with Crippen molar-refractivity contribution in [3.05, 3.63) is 52.6 Å². The minimum Gasteiger partial charge on any atom is -0.493 e. The molecule has 3 aromatic rings. The fourth-order valence-corrected chi connectivity index (χ4v) is 2.33. The molecule has 0 saturated carbocycles. The molecule has 0 amide bonds. The molecule has 0 spiro atoms. The fraction of sp³-hybridized carbons (Fsp3) is 0.125. The monoisotopic (exact) mass is 334 g/mol. The predicted octanol–water partition coefficient (Wildman–Crippen LogP) is 3.76. The van der Waals surface area contributed by atoms with Gasteiger partial charge in [0.2, 0.25) is 0 Å². The number of imidazole rings is 1. The summed E-state index contributed by atoms with van der Waals surface area (Å²) in [7, 11) is 1.41. The molecule has 0 bridgehead atoms. The van der Waals surface area contributed by atoms with Gasteiger partial charge in [0, 0.05) is 11.1 Å². The number of methoxy groups -OCH3 is 1. The van der Waals surface area contributed by atoms with Crippen LogP contribution in [0.5, 0.6) is 11.5 Å². The Morgan fingerprint density at radius 2 is 2.13 bits per heavy atom. The lowest BCUT2D eigenvalue weighted by molar-refractivity contribution is 0.111. The largest absolute Gasteiger partial charge is 0.493 e. The maximum atomic E-state index is 13.7. The van der Waals surface area contributed by atoms with Crippen LogP contribution in [0.3, 0.4) is 0 Å². The summed E-state index contributed by atoms with van der Waals surface area (Å²) in [6.45, 7) is 0.0858. The summed E-state index contributed by atoms with van der Waals surface area (Å²) in [6.07, 6.45) is 0.421. The van der Waals surface area contributed by atoms with E-state index >= 15 is 0 Å². The highest BCUT2D eigenvalue weighted by Crippen LogP contribution is 2.30. The minimum absolute atomic E-state index is 0.0858. The third kappa shape index (κ3) is 3.12. The van der Waals surface area contributed by atoms with Crippen LogP contribution >= 0.6 is 11.6 Å². The number of hydrogen-bond acceptors (Lipinski definition) is 4. The van der Waals surface area contributed by atoms with Crippen LogP contribution in [0.4, 0.5) is 4.39 Å². The van der Waals surface area contributed by atoms with Crippen LogP contribution in [0, 0.1) is 5.82 Å². The van der Waals surface area contributed by atoms with Gasteiger partial charge in [0.05, 0.1) is 23.7 Å². The fourth-order valence-electron chi connectivity index (χ4n) is 2.16. The Labute approximate surface area is 136 Å². The SMILES string of the molecule is COc1cc(C=O)c(F)cc1OCc1nc2ccc(Cl)cc2[nH]1. The summed E-state index contributed by atoms with van der Waals surface area (Å²) in [5.74, 6) is 0.345. The number of nitrogens with zero attached hydrogens (tertiary/aromatic N) is 1. The van der Waals surface area contributed by atoms with E-state index in [1.165, 1.54) is 13.2 Å². The van der Waals surface area contributed by atoms with E-state index in [0.717, 1.165) is 17.1 Å². The lowest BCUT2D eigenvalue weighted by atomic mass is 10.2. The standard InChI is InChI=1S/C16H12ClFN2O3/c1-22-14-4-9(7-21)11(18)6-15(14)23-8-16-19-12-3-2-10(17)5-13(12)20-16/h2-7H,8H2,1H3,(H,19,20). The number of ether oxygens (including phenoxy) is 2. The molecular weight excluding hydrogens is 323 g/mol. The van der Waals surface area contributed by atoms with Crippen molar-refractivity contribution in [3.8, 4) is 11.5 Å². The van der Waals surface area contributed by atoms with Crippen LogP contribution in [-0.4, -0.2) is 23.4 Å². The molecule has 0 fully saturated rings. The second kappa shape index (κ2) is 6.26. The molecule has 0 unspecified atom stereocenters. The van der Waals surface area contributed by atoms with Crippen molar-refractivity contribution >= 4 is 28.9 Å². The van der Waals surface area contributed by atoms with Crippen molar-refractivity contribution in [3.63, 3.8) is 0 Å². The van der Waals surface area contributed by atoms with Gasteiger partial charge in [0.1, 0.15) is 18.2 Å². The normalized spacial score (nSPS) is 10.7. The van der Waals surface area contributed by atoms with Crippen LogP contribution in [0.25, 0.3) is 11.0 Å². The molecule has 0 atom stereocenters. The van der Waals surface area contributed by atoms with E-state index in [-0.39, 0.29) is 23.7 Å². The number of aromatic nitrogens is 2. The third-order valence-corrected chi connectivity index (χ3v) is 3.50. The molecule has 1 aromatic heterocycles. The Hall–Kier alpha value is -2.60. The Morgan fingerprint density at radius 3 is 2.87 bits per heavy atom. The lowest BCUT2D eigenvalue weighted by Crippen LogP contribution is -2.01. The first-order chi connectivity index (χ1) is 11.1. The Morgan fingerprint density at radius 1 is 1.30 bits per heavy atom. The number of carbonyl (C=O) groups is 1. The van der Waals surface area contributed by atoms with Crippen molar-refractivity contribution < 1.29 is 18.7 Å². The van der Waals surface area contributed by atoms with E-state index in [0.29, 0.717) is 17.1 Å². The lowest BCUT2D eigenvalue weighted by Gasteiger charge is -2.10. The topological polar surface area (TPSA) is 64.2 Å². The van der Waals surface area contributed by atoms with Crippen LogP contribution in [0.2, 0.25) is 5.02 Å². The van der Waals surface area contributed by atoms with Gasteiger partial charge in [-0.25, -0.2) is 9.37 Å². The van der Waals surface area contributed by atoms with Crippen molar-refractivity contribution in [1.29, 1.82) is 0 Å². The van der Waals surface area contributed by atoms with Gasteiger partial charge in [-0.2, -0.15) is 0 Å². The summed E-state index contributed by atoms with van der Waals surface area (Å²) >= 11 is 5.92. The molecule has 7 heteroatoms. The number of rotatable bonds is 5. The van der Waals surface area contributed by atoms with Crippen LogP contribution in [0.15, 0.2) is 30.3 Å². The maximum absolute atomic E-state index is 13.7. The smallest absolute Gasteiger partial charge is 0.164 e. The third-order valence-electron chi connectivity index (χ3n) is 3.27. The summed E-state index contributed by atoms with van der Waals surface area (Å²) in [5.41, 5.74) is 1.44. The molecule has 3 rings (SSSR count). The molecule has 0 radical (unpaired) electrons.